The van der Waals surface area contributed by atoms with Gasteiger partial charge in [-0.2, -0.15) is 0 Å². The zero-order valence-electron chi connectivity index (χ0n) is 9.58. The number of carbonyl (C=O) groups is 1. The summed E-state index contributed by atoms with van der Waals surface area (Å²) in [6.07, 6.45) is 6.31. The van der Waals surface area contributed by atoms with Crippen LogP contribution in [0.4, 0.5) is 11.5 Å². The Morgan fingerprint density at radius 1 is 1.78 bits per heavy atom. The second kappa shape index (κ2) is 5.63. The van der Waals surface area contributed by atoms with Crippen molar-refractivity contribution in [1.82, 2.24) is 4.98 Å². The number of aryl methyl sites for hydroxylation is 1. The zero-order chi connectivity index (χ0) is 13.7. The van der Waals surface area contributed by atoms with E-state index in [0.29, 0.717) is 5.56 Å². The molecule has 1 aromatic heterocycles. The first-order valence-electron chi connectivity index (χ1n) is 5.00. The molecule has 7 nitrogen and oxygen atoms in total. The van der Waals surface area contributed by atoms with E-state index in [0.717, 1.165) is 0 Å². The molecule has 0 radical (unpaired) electrons. The van der Waals surface area contributed by atoms with Gasteiger partial charge in [0.15, 0.2) is 0 Å². The Labute approximate surface area is 103 Å². The molecule has 0 spiro atoms. The minimum Gasteiger partial charge on any atom is -0.480 e. The number of aromatic nitrogens is 1. The van der Waals surface area contributed by atoms with Crippen LogP contribution >= 0.6 is 0 Å². The lowest BCUT2D eigenvalue weighted by Gasteiger charge is -2.12. The van der Waals surface area contributed by atoms with Crippen molar-refractivity contribution < 1.29 is 14.8 Å². The van der Waals surface area contributed by atoms with Gasteiger partial charge in [-0.1, -0.05) is 0 Å². The van der Waals surface area contributed by atoms with Gasteiger partial charge in [-0.3, -0.25) is 10.1 Å². The molecule has 1 heterocycles. The van der Waals surface area contributed by atoms with E-state index in [4.69, 9.17) is 11.5 Å². The van der Waals surface area contributed by atoms with E-state index >= 15 is 0 Å². The number of nitro groups is 1. The molecule has 0 bridgehead atoms. The molecule has 0 aromatic carbocycles. The number of anilines is 1. The maximum Gasteiger partial charge on any atom is 0.327 e. The van der Waals surface area contributed by atoms with Crippen molar-refractivity contribution >= 4 is 17.5 Å². The van der Waals surface area contributed by atoms with E-state index in [1.807, 2.05) is 0 Å². The fourth-order valence-electron chi connectivity index (χ4n) is 1.37. The van der Waals surface area contributed by atoms with E-state index in [9.17, 15) is 14.9 Å². The Balaban J connectivity index is 3.10. The molecule has 1 aromatic rings. The number of pyridine rings is 1. The van der Waals surface area contributed by atoms with Crippen LogP contribution in [0.1, 0.15) is 12.0 Å². The molecular formula is C11H11N3O4. The van der Waals surface area contributed by atoms with Crippen molar-refractivity contribution in [3.05, 3.63) is 27.9 Å². The van der Waals surface area contributed by atoms with Gasteiger partial charge in [0.25, 0.3) is 0 Å². The molecular weight excluding hydrogens is 238 g/mol. The molecule has 1 unspecified atom stereocenters. The maximum absolute atomic E-state index is 10.9. The summed E-state index contributed by atoms with van der Waals surface area (Å²) < 4.78 is 0. The first-order chi connectivity index (χ1) is 8.47. The van der Waals surface area contributed by atoms with Crippen LogP contribution in [0.3, 0.4) is 0 Å². The average Bonchev–Trinajstić information content (AvgIpc) is 2.27. The number of carboxylic acids is 1. The SMILES string of the molecule is C#CCC(Nc1nccc(C)c1[N+](=O)[O-])C(=O)O. The number of rotatable bonds is 5. The van der Waals surface area contributed by atoms with Gasteiger partial charge in [0.05, 0.1) is 4.92 Å². The van der Waals surface area contributed by atoms with Crippen molar-refractivity contribution in [1.29, 1.82) is 0 Å². The van der Waals surface area contributed by atoms with Gasteiger partial charge in [-0.25, -0.2) is 9.78 Å². The molecule has 2 N–H and O–H groups in total. The molecule has 94 valence electrons. The Kier molecular flexibility index (Phi) is 4.21. The highest BCUT2D eigenvalue weighted by atomic mass is 16.6. The van der Waals surface area contributed by atoms with Crippen LogP contribution in [-0.4, -0.2) is 27.0 Å². The van der Waals surface area contributed by atoms with E-state index in [2.05, 4.69) is 16.2 Å². The highest BCUT2D eigenvalue weighted by Gasteiger charge is 2.23. The van der Waals surface area contributed by atoms with Crippen LogP contribution in [-0.2, 0) is 4.79 Å². The number of hydrogen-bond donors (Lipinski definition) is 2. The lowest BCUT2D eigenvalue weighted by Crippen LogP contribution is -2.29. The fourth-order valence-corrected chi connectivity index (χ4v) is 1.37. The highest BCUT2D eigenvalue weighted by Crippen LogP contribution is 2.26. The maximum atomic E-state index is 10.9. The van der Waals surface area contributed by atoms with Crippen LogP contribution in [0.2, 0.25) is 0 Å². The second-order valence-corrected chi connectivity index (χ2v) is 3.53. The van der Waals surface area contributed by atoms with Gasteiger partial charge < -0.3 is 10.4 Å². The predicted molar refractivity (Wildman–Crippen MR) is 64.1 cm³/mol. The van der Waals surface area contributed by atoms with Gasteiger partial charge in [0.1, 0.15) is 6.04 Å². The molecule has 0 fully saturated rings. The van der Waals surface area contributed by atoms with E-state index in [1.54, 1.807) is 6.92 Å². The van der Waals surface area contributed by atoms with Gasteiger partial charge in [-0.15, -0.1) is 12.3 Å². The summed E-state index contributed by atoms with van der Waals surface area (Å²) in [5, 5.41) is 22.3. The summed E-state index contributed by atoms with van der Waals surface area (Å²) in [5.41, 5.74) is 0.142. The third-order valence-corrected chi connectivity index (χ3v) is 2.24. The first kappa shape index (κ1) is 13.4. The van der Waals surface area contributed by atoms with Crippen LogP contribution < -0.4 is 5.32 Å². The minimum absolute atomic E-state index is 0.0948. The second-order valence-electron chi connectivity index (χ2n) is 3.53. The number of nitrogens with zero attached hydrogens (tertiary/aromatic N) is 2. The molecule has 1 atom stereocenters. The van der Waals surface area contributed by atoms with Crippen molar-refractivity contribution in [2.75, 3.05) is 5.32 Å². The smallest absolute Gasteiger partial charge is 0.327 e. The molecule has 0 aliphatic heterocycles. The van der Waals surface area contributed by atoms with Gasteiger partial charge >= 0.3 is 11.7 Å². The molecule has 0 saturated carbocycles. The average molecular weight is 249 g/mol. The van der Waals surface area contributed by atoms with Crippen molar-refractivity contribution in [2.45, 2.75) is 19.4 Å². The van der Waals surface area contributed by atoms with Crippen LogP contribution in [0.25, 0.3) is 0 Å². The summed E-state index contributed by atoms with van der Waals surface area (Å²) in [6.45, 7) is 1.54. The lowest BCUT2D eigenvalue weighted by atomic mass is 10.2. The first-order valence-corrected chi connectivity index (χ1v) is 5.00. The fraction of sp³-hybridized carbons (Fsp3) is 0.273. The zero-order valence-corrected chi connectivity index (χ0v) is 9.58. The molecule has 0 saturated heterocycles. The third kappa shape index (κ3) is 2.95. The van der Waals surface area contributed by atoms with E-state index < -0.39 is 16.9 Å². The molecule has 7 heteroatoms. The van der Waals surface area contributed by atoms with E-state index in [-0.39, 0.29) is 17.9 Å². The van der Waals surface area contributed by atoms with E-state index in [1.165, 1.54) is 12.3 Å². The van der Waals surface area contributed by atoms with Crippen LogP contribution in [0, 0.1) is 29.4 Å². The van der Waals surface area contributed by atoms with Gasteiger partial charge in [0.2, 0.25) is 5.82 Å². The molecule has 18 heavy (non-hydrogen) atoms. The topological polar surface area (TPSA) is 105 Å². The lowest BCUT2D eigenvalue weighted by molar-refractivity contribution is -0.384. The Hall–Kier alpha value is -2.62. The number of terminal acetylenes is 1. The highest BCUT2D eigenvalue weighted by molar-refractivity contribution is 5.78. The van der Waals surface area contributed by atoms with Crippen LogP contribution in [0.15, 0.2) is 12.3 Å². The summed E-state index contributed by atoms with van der Waals surface area (Å²) in [5.74, 6) is 0.908. The van der Waals surface area contributed by atoms with Crippen molar-refractivity contribution in [2.24, 2.45) is 0 Å². The molecule has 1 rings (SSSR count). The Morgan fingerprint density at radius 2 is 2.44 bits per heavy atom. The van der Waals surface area contributed by atoms with Crippen molar-refractivity contribution in [3.63, 3.8) is 0 Å². The van der Waals surface area contributed by atoms with Gasteiger partial charge in [-0.05, 0) is 13.0 Å². The number of hydrogen-bond acceptors (Lipinski definition) is 5. The minimum atomic E-state index is -1.19. The molecule has 0 aliphatic carbocycles. The predicted octanol–water partition coefficient (Wildman–Crippen LogP) is 1.19. The third-order valence-electron chi connectivity index (χ3n) is 2.24. The summed E-state index contributed by atoms with van der Waals surface area (Å²) in [6, 6.07) is 0.364. The number of carboxylic acid groups (broad SMARTS) is 1. The standard InChI is InChI=1S/C11H11N3O4/c1-3-4-8(11(15)16)13-10-9(14(17)18)7(2)5-6-12-10/h1,5-6,8H,4H2,2H3,(H,12,13)(H,15,16). The molecule has 0 amide bonds. The Bertz CT molecular complexity index is 522. The summed E-state index contributed by atoms with van der Waals surface area (Å²) in [7, 11) is 0. The summed E-state index contributed by atoms with van der Waals surface area (Å²) >= 11 is 0. The quantitative estimate of drug-likeness (QED) is 0.461. The monoisotopic (exact) mass is 249 g/mol. The van der Waals surface area contributed by atoms with Crippen LogP contribution in [0.5, 0.6) is 0 Å². The molecule has 0 aliphatic rings. The number of nitrogens with one attached hydrogen (secondary N) is 1. The van der Waals surface area contributed by atoms with Crippen molar-refractivity contribution in [3.8, 4) is 12.3 Å². The Morgan fingerprint density at radius 3 is 2.94 bits per heavy atom. The summed E-state index contributed by atoms with van der Waals surface area (Å²) in [4.78, 5) is 25.0. The van der Waals surface area contributed by atoms with Gasteiger partial charge in [0, 0.05) is 18.2 Å². The largest absolute Gasteiger partial charge is 0.480 e. The number of aliphatic carboxylic acids is 1. The normalized spacial score (nSPS) is 11.3.